The van der Waals surface area contributed by atoms with Crippen LogP contribution < -0.4 is 9.64 Å². The Morgan fingerprint density at radius 1 is 1.41 bits per heavy atom. The van der Waals surface area contributed by atoms with Gasteiger partial charge in [-0.1, -0.05) is 0 Å². The van der Waals surface area contributed by atoms with E-state index >= 15 is 0 Å². The van der Waals surface area contributed by atoms with E-state index in [1.54, 1.807) is 24.6 Å². The minimum absolute atomic E-state index is 0.143. The summed E-state index contributed by atoms with van der Waals surface area (Å²) in [7, 11) is 0. The van der Waals surface area contributed by atoms with Gasteiger partial charge in [-0.05, 0) is 32.8 Å². The van der Waals surface area contributed by atoms with Crippen LogP contribution in [-0.2, 0) is 4.74 Å². The second kappa shape index (κ2) is 7.22. The van der Waals surface area contributed by atoms with Crippen molar-refractivity contribution < 1.29 is 14.3 Å². The number of H-pyrrole nitrogens is 1. The van der Waals surface area contributed by atoms with Gasteiger partial charge in [0.2, 0.25) is 0 Å². The average Bonchev–Trinajstić information content (AvgIpc) is 3.39. The Hall–Kier alpha value is -3.17. The number of fused-ring (bicyclic) bond motifs is 1. The van der Waals surface area contributed by atoms with Crippen LogP contribution in [0.15, 0.2) is 18.6 Å². The molecule has 1 aliphatic rings. The van der Waals surface area contributed by atoms with Crippen molar-refractivity contribution in [3.05, 3.63) is 30.0 Å². The molecule has 3 aromatic heterocycles. The lowest BCUT2D eigenvalue weighted by Gasteiger charge is -2.26. The molecule has 0 bridgehead atoms. The second-order valence-electron chi connectivity index (χ2n) is 6.31. The molecule has 1 N–H and O–H groups in total. The summed E-state index contributed by atoms with van der Waals surface area (Å²) in [6, 6.07) is 2.07. The monoisotopic (exact) mass is 371 g/mol. The van der Waals surface area contributed by atoms with E-state index in [9.17, 15) is 4.79 Å². The average molecular weight is 371 g/mol. The van der Waals surface area contributed by atoms with Crippen LogP contribution in [0.2, 0.25) is 0 Å². The summed E-state index contributed by atoms with van der Waals surface area (Å²) in [6.45, 7) is 5.16. The number of esters is 1. The number of ether oxygens (including phenoxy) is 2. The van der Waals surface area contributed by atoms with E-state index in [2.05, 4.69) is 30.2 Å². The lowest BCUT2D eigenvalue weighted by atomic mass is 10.2. The lowest BCUT2D eigenvalue weighted by molar-refractivity contribution is 0.0514. The van der Waals surface area contributed by atoms with Gasteiger partial charge >= 0.3 is 5.97 Å². The number of nitrogens with zero attached hydrogens (tertiary/aromatic N) is 6. The molecule has 0 aromatic carbocycles. The van der Waals surface area contributed by atoms with E-state index < -0.39 is 5.97 Å². The van der Waals surface area contributed by atoms with Crippen LogP contribution in [0, 0.1) is 6.92 Å². The summed E-state index contributed by atoms with van der Waals surface area (Å²) in [5.74, 6) is 1.48. The fourth-order valence-corrected chi connectivity index (χ4v) is 3.37. The first-order chi connectivity index (χ1) is 13.2. The van der Waals surface area contributed by atoms with E-state index in [4.69, 9.17) is 9.47 Å². The maximum Gasteiger partial charge on any atom is 0.360 e. The highest BCUT2D eigenvalue weighted by atomic mass is 16.5. The highest BCUT2D eigenvalue weighted by molar-refractivity contribution is 5.90. The van der Waals surface area contributed by atoms with Crippen LogP contribution in [0.3, 0.4) is 0 Å². The molecular weight excluding hydrogens is 350 g/mol. The molecule has 0 spiro atoms. The highest BCUT2D eigenvalue weighted by Crippen LogP contribution is 2.27. The van der Waals surface area contributed by atoms with Crippen LogP contribution in [-0.4, -0.2) is 61.5 Å². The quantitative estimate of drug-likeness (QED) is 0.647. The highest BCUT2D eigenvalue weighted by Gasteiger charge is 2.29. The zero-order valence-corrected chi connectivity index (χ0v) is 15.3. The number of rotatable bonds is 6. The molecule has 0 aliphatic carbocycles. The minimum atomic E-state index is -0.463. The van der Waals surface area contributed by atoms with Gasteiger partial charge in [-0.25, -0.2) is 9.78 Å². The Balaban J connectivity index is 1.53. The number of anilines is 1. The third-order valence-electron chi connectivity index (χ3n) is 4.62. The van der Waals surface area contributed by atoms with Crippen LogP contribution in [0.25, 0.3) is 5.78 Å². The molecule has 0 unspecified atom stereocenters. The van der Waals surface area contributed by atoms with Crippen molar-refractivity contribution >= 4 is 17.6 Å². The van der Waals surface area contributed by atoms with Gasteiger partial charge in [0.1, 0.15) is 24.4 Å². The molecule has 1 atom stereocenters. The third-order valence-corrected chi connectivity index (χ3v) is 4.62. The van der Waals surface area contributed by atoms with E-state index in [1.165, 1.54) is 6.33 Å². The van der Waals surface area contributed by atoms with Crippen molar-refractivity contribution in [2.75, 3.05) is 24.7 Å². The summed E-state index contributed by atoms with van der Waals surface area (Å²) in [5.41, 5.74) is 0.881. The van der Waals surface area contributed by atoms with Gasteiger partial charge in [-0.15, -0.1) is 0 Å². The first-order valence-corrected chi connectivity index (χ1v) is 8.95. The fraction of sp³-hybridized carbons (Fsp3) is 0.471. The van der Waals surface area contributed by atoms with Gasteiger partial charge in [0, 0.05) is 12.7 Å². The van der Waals surface area contributed by atoms with Crippen molar-refractivity contribution in [2.45, 2.75) is 32.7 Å². The van der Waals surface area contributed by atoms with E-state index in [-0.39, 0.29) is 11.7 Å². The van der Waals surface area contributed by atoms with E-state index in [0.29, 0.717) is 30.4 Å². The fourth-order valence-electron chi connectivity index (χ4n) is 3.37. The molecular formula is C17H21N7O3. The summed E-state index contributed by atoms with van der Waals surface area (Å²) in [6.07, 6.45) is 5.24. The Labute approximate surface area is 155 Å². The normalized spacial score (nSPS) is 16.8. The number of nitrogens with one attached hydrogen (secondary N) is 1. The molecule has 142 valence electrons. The summed E-state index contributed by atoms with van der Waals surface area (Å²) in [5, 5.41) is 11.0. The van der Waals surface area contributed by atoms with Gasteiger partial charge in [-0.3, -0.25) is 5.10 Å². The van der Waals surface area contributed by atoms with Gasteiger partial charge in [-0.2, -0.15) is 19.7 Å². The zero-order chi connectivity index (χ0) is 18.8. The topological polar surface area (TPSA) is 111 Å². The summed E-state index contributed by atoms with van der Waals surface area (Å²) < 4.78 is 12.8. The first-order valence-electron chi connectivity index (χ1n) is 8.95. The Bertz CT molecular complexity index is 951. The van der Waals surface area contributed by atoms with Gasteiger partial charge in [0.25, 0.3) is 5.78 Å². The minimum Gasteiger partial charge on any atom is -0.487 e. The zero-order valence-electron chi connectivity index (χ0n) is 15.3. The predicted molar refractivity (Wildman–Crippen MR) is 95.9 cm³/mol. The molecule has 0 amide bonds. The molecule has 4 heterocycles. The standard InChI is InChI=1S/C17H21N7O3/c1-3-26-16(25)14-15(11(2)21-22-14)27-9-12-5-4-8-23(12)13-6-7-18-17-19-10-20-24(13)17/h6-7,10,12H,3-5,8-9H2,1-2H3,(H,21,22)/t12-/m1/s1. The maximum absolute atomic E-state index is 12.1. The largest absolute Gasteiger partial charge is 0.487 e. The van der Waals surface area contributed by atoms with Crippen LogP contribution in [0.4, 0.5) is 5.82 Å². The number of aromatic nitrogens is 6. The predicted octanol–water partition coefficient (Wildman–Crippen LogP) is 1.38. The van der Waals surface area contributed by atoms with Crippen LogP contribution in [0.5, 0.6) is 5.75 Å². The Morgan fingerprint density at radius 2 is 2.30 bits per heavy atom. The van der Waals surface area contributed by atoms with Crippen molar-refractivity contribution in [1.29, 1.82) is 0 Å². The number of aryl methyl sites for hydroxylation is 1. The molecule has 0 radical (unpaired) electrons. The number of hydrogen-bond donors (Lipinski definition) is 1. The molecule has 1 aliphatic heterocycles. The van der Waals surface area contributed by atoms with Gasteiger partial charge in [0.05, 0.1) is 12.6 Å². The SMILES string of the molecule is CCOC(=O)c1[nH]nc(C)c1OC[C@H]1CCCN1c1ccnc2ncnn12. The lowest BCUT2D eigenvalue weighted by Crippen LogP contribution is -2.35. The first kappa shape index (κ1) is 17.3. The second-order valence-corrected chi connectivity index (χ2v) is 6.31. The van der Waals surface area contributed by atoms with E-state index in [1.807, 2.05) is 6.07 Å². The number of carbonyl (C=O) groups excluding carboxylic acids is 1. The molecule has 1 saturated heterocycles. The van der Waals surface area contributed by atoms with Gasteiger partial charge in [0.15, 0.2) is 11.4 Å². The van der Waals surface area contributed by atoms with Crippen molar-refractivity contribution in [3.63, 3.8) is 0 Å². The molecule has 10 nitrogen and oxygen atoms in total. The number of hydrogen-bond acceptors (Lipinski definition) is 8. The van der Waals surface area contributed by atoms with Crippen molar-refractivity contribution in [3.8, 4) is 5.75 Å². The molecule has 27 heavy (non-hydrogen) atoms. The molecule has 3 aromatic rings. The van der Waals surface area contributed by atoms with Crippen LogP contribution >= 0.6 is 0 Å². The number of carbonyl (C=O) groups is 1. The third kappa shape index (κ3) is 3.18. The van der Waals surface area contributed by atoms with Crippen molar-refractivity contribution in [2.24, 2.45) is 0 Å². The van der Waals surface area contributed by atoms with Crippen molar-refractivity contribution in [1.82, 2.24) is 29.8 Å². The Morgan fingerprint density at radius 3 is 3.15 bits per heavy atom. The van der Waals surface area contributed by atoms with Crippen LogP contribution in [0.1, 0.15) is 35.9 Å². The molecule has 4 rings (SSSR count). The Kier molecular flexibility index (Phi) is 4.61. The molecule has 10 heteroatoms. The maximum atomic E-state index is 12.1. The van der Waals surface area contributed by atoms with E-state index in [0.717, 1.165) is 25.2 Å². The molecule has 1 fully saturated rings. The smallest absolute Gasteiger partial charge is 0.360 e. The molecule has 0 saturated carbocycles. The number of aromatic amines is 1. The summed E-state index contributed by atoms with van der Waals surface area (Å²) in [4.78, 5) is 22.7. The summed E-state index contributed by atoms with van der Waals surface area (Å²) >= 11 is 0. The van der Waals surface area contributed by atoms with Gasteiger partial charge < -0.3 is 14.4 Å².